The van der Waals surface area contributed by atoms with Crippen LogP contribution in [0.2, 0.25) is 0 Å². The number of nitrogens with one attached hydrogen (secondary N) is 3. The highest BCUT2D eigenvalue weighted by Crippen LogP contribution is 2.53. The lowest BCUT2D eigenvalue weighted by atomic mass is 10.1. The predicted octanol–water partition coefficient (Wildman–Crippen LogP) is -1.57. The first-order chi connectivity index (χ1) is 11.2. The highest BCUT2D eigenvalue weighted by molar-refractivity contribution is 5.90. The lowest BCUT2D eigenvalue weighted by Crippen LogP contribution is -2.45. The molecule has 130 valence electrons. The van der Waals surface area contributed by atoms with Gasteiger partial charge >= 0.3 is 17.1 Å². The molecule has 9 N–H and O–H groups in total. The molecule has 0 aliphatic heterocycles. The van der Waals surface area contributed by atoms with E-state index in [0.717, 1.165) is 0 Å². The monoisotopic (exact) mass is 347 g/mol. The van der Waals surface area contributed by atoms with Crippen molar-refractivity contribution >= 4 is 28.7 Å². The van der Waals surface area contributed by atoms with E-state index in [1.54, 1.807) is 0 Å². The maximum atomic E-state index is 11.0. The van der Waals surface area contributed by atoms with Crippen molar-refractivity contribution in [3.63, 3.8) is 0 Å². The van der Waals surface area contributed by atoms with Crippen molar-refractivity contribution in [2.45, 2.75) is 0 Å². The normalized spacial score (nSPS) is 10.8. The molecule has 0 spiro atoms. The molecule has 0 aromatic heterocycles. The zero-order chi connectivity index (χ0) is 18.6. The minimum absolute atomic E-state index is 0.462. The fourth-order valence-corrected chi connectivity index (χ4v) is 1.56. The molecule has 0 fully saturated rings. The average molecular weight is 347 g/mol. The van der Waals surface area contributed by atoms with Crippen LogP contribution in [0, 0.1) is 30.3 Å². The molecule has 0 saturated heterocycles. The van der Waals surface area contributed by atoms with Gasteiger partial charge in [0.15, 0.2) is 0 Å². The van der Waals surface area contributed by atoms with Crippen LogP contribution in [-0.2, 0) is 0 Å². The SMILES string of the molecule is NN=C(NN)NNc1c([N+](=O)[O-])c(O)c([N+](=O)[O-])c(O)c1[N+](=O)[O-]. The van der Waals surface area contributed by atoms with E-state index < -0.39 is 55.0 Å². The van der Waals surface area contributed by atoms with Crippen LogP contribution in [0.3, 0.4) is 0 Å². The van der Waals surface area contributed by atoms with Crippen molar-refractivity contribution in [3.05, 3.63) is 30.3 Å². The van der Waals surface area contributed by atoms with Gasteiger partial charge in [-0.3, -0.25) is 46.6 Å². The molecule has 1 rings (SSSR count). The van der Waals surface area contributed by atoms with E-state index in [1.165, 1.54) is 0 Å². The molecule has 0 aliphatic rings. The topological polar surface area (TPSA) is 270 Å². The molecule has 0 atom stereocenters. The standard InChI is InChI=1S/C7H9N9O8/c8-10-7(11-9)13-12-1-2(14(19)20)5(17)4(16(23)24)6(18)3(1)15(21)22/h12,17-18H,8-9H2,(H2,10,11,13). The number of rotatable bonds is 5. The number of nitrogens with zero attached hydrogens (tertiary/aromatic N) is 4. The molecule has 0 radical (unpaired) electrons. The third kappa shape index (κ3) is 3.04. The fraction of sp³-hybridized carbons (Fsp3) is 0. The van der Waals surface area contributed by atoms with Crippen molar-refractivity contribution in [3.8, 4) is 11.5 Å². The second-order valence-electron chi connectivity index (χ2n) is 3.76. The number of hydrazine groups is 2. The summed E-state index contributed by atoms with van der Waals surface area (Å²) in [6, 6.07) is 0. The van der Waals surface area contributed by atoms with Crippen LogP contribution in [0.15, 0.2) is 5.10 Å². The Kier molecular flexibility index (Phi) is 5.03. The van der Waals surface area contributed by atoms with E-state index in [-0.39, 0.29) is 0 Å². The first-order valence-corrected chi connectivity index (χ1v) is 5.48. The van der Waals surface area contributed by atoms with Gasteiger partial charge in [0.05, 0.1) is 14.8 Å². The van der Waals surface area contributed by atoms with Crippen LogP contribution in [-0.4, -0.2) is 30.9 Å². The van der Waals surface area contributed by atoms with Crippen LogP contribution in [0.4, 0.5) is 22.7 Å². The van der Waals surface area contributed by atoms with Gasteiger partial charge < -0.3 is 16.1 Å². The number of benzene rings is 1. The van der Waals surface area contributed by atoms with Gasteiger partial charge in [-0.1, -0.05) is 0 Å². The average Bonchev–Trinajstić information content (AvgIpc) is 2.46. The number of hydrazone groups is 1. The highest BCUT2D eigenvalue weighted by Gasteiger charge is 2.43. The quantitative estimate of drug-likeness (QED) is 0.104. The Bertz CT molecular complexity index is 705. The Morgan fingerprint density at radius 2 is 1.38 bits per heavy atom. The van der Waals surface area contributed by atoms with Crippen molar-refractivity contribution in [2.75, 3.05) is 5.43 Å². The Balaban J connectivity index is 3.74. The molecular weight excluding hydrogens is 338 g/mol. The summed E-state index contributed by atoms with van der Waals surface area (Å²) in [5, 5.41) is 55.2. The van der Waals surface area contributed by atoms with Crippen LogP contribution >= 0.6 is 0 Å². The molecule has 0 heterocycles. The Hall–Kier alpha value is -4.15. The molecule has 0 saturated carbocycles. The number of guanidine groups is 1. The molecule has 0 bridgehead atoms. The van der Waals surface area contributed by atoms with E-state index in [9.17, 15) is 40.6 Å². The highest BCUT2D eigenvalue weighted by atomic mass is 16.6. The lowest BCUT2D eigenvalue weighted by molar-refractivity contribution is -0.404. The number of hydrogen-bond acceptors (Lipinski definition) is 12. The van der Waals surface area contributed by atoms with Gasteiger partial charge in [0, 0.05) is 0 Å². The van der Waals surface area contributed by atoms with Crippen molar-refractivity contribution in [1.82, 2.24) is 10.9 Å². The molecule has 1 aromatic rings. The molecule has 17 nitrogen and oxygen atoms in total. The van der Waals surface area contributed by atoms with Crippen LogP contribution in [0.1, 0.15) is 0 Å². The first kappa shape index (κ1) is 17.9. The predicted molar refractivity (Wildman–Crippen MR) is 75.4 cm³/mol. The van der Waals surface area contributed by atoms with E-state index in [0.29, 0.717) is 0 Å². The van der Waals surface area contributed by atoms with E-state index in [4.69, 9.17) is 11.7 Å². The number of nitrogens with two attached hydrogens (primary N) is 2. The van der Waals surface area contributed by atoms with Gasteiger partial charge in [-0.05, 0) is 0 Å². The third-order valence-corrected chi connectivity index (χ3v) is 2.49. The maximum absolute atomic E-state index is 11.0. The smallest absolute Gasteiger partial charge is 0.366 e. The summed E-state index contributed by atoms with van der Waals surface area (Å²) in [6.45, 7) is 0. The number of anilines is 1. The summed E-state index contributed by atoms with van der Waals surface area (Å²) >= 11 is 0. The van der Waals surface area contributed by atoms with Crippen LogP contribution in [0.5, 0.6) is 11.5 Å². The second-order valence-corrected chi connectivity index (χ2v) is 3.76. The molecule has 24 heavy (non-hydrogen) atoms. The number of phenols is 2. The van der Waals surface area contributed by atoms with Gasteiger partial charge in [0.1, 0.15) is 0 Å². The van der Waals surface area contributed by atoms with Gasteiger partial charge in [-0.2, -0.15) is 0 Å². The summed E-state index contributed by atoms with van der Waals surface area (Å²) in [7, 11) is 0. The molecule has 1 aromatic carbocycles. The third-order valence-electron chi connectivity index (χ3n) is 2.49. The van der Waals surface area contributed by atoms with E-state index >= 15 is 0 Å². The van der Waals surface area contributed by atoms with Crippen LogP contribution in [0.25, 0.3) is 0 Å². The summed E-state index contributed by atoms with van der Waals surface area (Å²) in [4.78, 5) is 28.8. The zero-order valence-corrected chi connectivity index (χ0v) is 11.3. The maximum Gasteiger partial charge on any atom is 0.366 e. The van der Waals surface area contributed by atoms with Crippen LogP contribution < -0.4 is 28.0 Å². The van der Waals surface area contributed by atoms with Crippen molar-refractivity contribution < 1.29 is 25.0 Å². The molecular formula is C7H9N9O8. The Morgan fingerprint density at radius 1 is 0.958 bits per heavy atom. The van der Waals surface area contributed by atoms with Gasteiger partial charge in [-0.15, -0.1) is 5.10 Å². The zero-order valence-electron chi connectivity index (χ0n) is 11.3. The van der Waals surface area contributed by atoms with Gasteiger partial charge in [-0.25, -0.2) is 5.84 Å². The molecule has 0 amide bonds. The number of aromatic hydroxyl groups is 2. The molecule has 17 heteroatoms. The molecule has 0 unspecified atom stereocenters. The van der Waals surface area contributed by atoms with Crippen molar-refractivity contribution in [1.29, 1.82) is 0 Å². The molecule has 0 aliphatic carbocycles. The Morgan fingerprint density at radius 3 is 1.67 bits per heavy atom. The van der Waals surface area contributed by atoms with E-state index in [1.807, 2.05) is 16.3 Å². The number of nitro benzene ring substituents is 3. The summed E-state index contributed by atoms with van der Waals surface area (Å²) in [6.07, 6.45) is 0. The number of phenolic OH excluding ortho intramolecular Hbond substituents is 2. The lowest BCUT2D eigenvalue weighted by Gasteiger charge is -2.12. The summed E-state index contributed by atoms with van der Waals surface area (Å²) < 4.78 is 0. The fourth-order valence-electron chi connectivity index (χ4n) is 1.56. The Labute approximate surface area is 129 Å². The van der Waals surface area contributed by atoms with Gasteiger partial charge in [0.2, 0.25) is 11.6 Å². The minimum atomic E-state index is -1.61. The summed E-state index contributed by atoms with van der Waals surface area (Å²) in [5.74, 6) is 6.13. The van der Waals surface area contributed by atoms with Gasteiger partial charge in [0.25, 0.3) is 11.5 Å². The second kappa shape index (κ2) is 6.74. The van der Waals surface area contributed by atoms with E-state index in [2.05, 4.69) is 5.10 Å². The number of nitro groups is 3. The largest absolute Gasteiger partial charge is 0.497 e. The van der Waals surface area contributed by atoms with Crippen molar-refractivity contribution in [2.24, 2.45) is 16.8 Å². The summed E-state index contributed by atoms with van der Waals surface area (Å²) in [5.41, 5.74) is 0.0682. The minimum Gasteiger partial charge on any atom is -0.497 e. The number of hydrogen-bond donors (Lipinski definition) is 7. The first-order valence-electron chi connectivity index (χ1n) is 5.48.